The largest absolute Gasteiger partial charge is 0.461 e. The molecule has 1 amide bonds. The number of aryl methyl sites for hydroxylation is 2. The Hall–Kier alpha value is -2.37. The van der Waals surface area contributed by atoms with Crippen LogP contribution < -0.4 is 5.32 Å². The van der Waals surface area contributed by atoms with E-state index in [2.05, 4.69) is 14.9 Å². The molecule has 2 heterocycles. The predicted molar refractivity (Wildman–Crippen MR) is 112 cm³/mol. The number of esters is 1. The monoisotopic (exact) mass is 452 g/mol. The van der Waals surface area contributed by atoms with Crippen molar-refractivity contribution in [2.24, 2.45) is 5.92 Å². The lowest BCUT2D eigenvalue weighted by molar-refractivity contribution is -0.120. The van der Waals surface area contributed by atoms with E-state index in [1.165, 1.54) is 4.31 Å². The second-order valence-corrected chi connectivity index (χ2v) is 9.77. The zero-order valence-corrected chi connectivity index (χ0v) is 18.7. The molecule has 0 unspecified atom stereocenters. The van der Waals surface area contributed by atoms with Crippen molar-refractivity contribution in [3.63, 3.8) is 0 Å². The molecule has 0 aliphatic carbocycles. The van der Waals surface area contributed by atoms with E-state index in [4.69, 9.17) is 4.74 Å². The van der Waals surface area contributed by atoms with Crippen LogP contribution in [-0.4, -0.2) is 53.9 Å². The molecule has 1 aromatic carbocycles. The van der Waals surface area contributed by atoms with Crippen LogP contribution in [0.25, 0.3) is 0 Å². The molecule has 3 rings (SSSR count). The lowest BCUT2D eigenvalue weighted by atomic mass is 9.97. The van der Waals surface area contributed by atoms with Crippen molar-refractivity contribution < 1.29 is 22.7 Å². The first kappa shape index (κ1) is 22.3. The van der Waals surface area contributed by atoms with E-state index in [0.29, 0.717) is 23.3 Å². The number of aromatic nitrogens is 2. The highest BCUT2D eigenvalue weighted by atomic mass is 32.2. The molecule has 0 atom stereocenters. The molecule has 1 N–H and O–H groups in total. The molecule has 9 nitrogen and oxygen atoms in total. The van der Waals surface area contributed by atoms with Crippen LogP contribution in [0.3, 0.4) is 0 Å². The summed E-state index contributed by atoms with van der Waals surface area (Å²) in [6.45, 7) is 6.07. The summed E-state index contributed by atoms with van der Waals surface area (Å²) in [5.41, 5.74) is 1.69. The standard InChI is InChI=1S/C19H24N4O5S2/c1-4-28-19(25)16-18(29-22-21-16)20-17(24)14-7-9-23(10-8-14)30(26,27)15-6-5-12(2)11-13(15)3/h5-6,11,14H,4,7-10H2,1-3H3,(H,20,24). The Labute approximate surface area is 179 Å². The summed E-state index contributed by atoms with van der Waals surface area (Å²) in [7, 11) is -3.61. The maximum Gasteiger partial charge on any atom is 0.362 e. The Morgan fingerprint density at radius 2 is 1.97 bits per heavy atom. The Morgan fingerprint density at radius 1 is 1.27 bits per heavy atom. The normalized spacial score (nSPS) is 15.7. The first-order valence-corrected chi connectivity index (χ1v) is 11.8. The highest BCUT2D eigenvalue weighted by Crippen LogP contribution is 2.28. The van der Waals surface area contributed by atoms with Gasteiger partial charge in [0.05, 0.1) is 11.5 Å². The van der Waals surface area contributed by atoms with Crippen molar-refractivity contribution in [1.82, 2.24) is 13.9 Å². The van der Waals surface area contributed by atoms with Crippen LogP contribution in [0, 0.1) is 19.8 Å². The van der Waals surface area contributed by atoms with Crippen molar-refractivity contribution in [3.05, 3.63) is 35.0 Å². The number of rotatable bonds is 6. The average Bonchev–Trinajstić information content (AvgIpc) is 3.16. The molecule has 1 fully saturated rings. The number of anilines is 1. The topological polar surface area (TPSA) is 119 Å². The molecular weight excluding hydrogens is 428 g/mol. The Balaban J connectivity index is 1.64. The zero-order chi connectivity index (χ0) is 21.9. The first-order valence-electron chi connectivity index (χ1n) is 9.61. The number of nitrogens with zero attached hydrogens (tertiary/aromatic N) is 3. The smallest absolute Gasteiger partial charge is 0.362 e. The highest BCUT2D eigenvalue weighted by Gasteiger charge is 2.33. The van der Waals surface area contributed by atoms with Gasteiger partial charge in [-0.2, -0.15) is 4.31 Å². The van der Waals surface area contributed by atoms with E-state index in [0.717, 1.165) is 17.1 Å². The summed E-state index contributed by atoms with van der Waals surface area (Å²) in [4.78, 5) is 24.8. The number of carbonyl (C=O) groups is 2. The number of ether oxygens (including phenoxy) is 1. The lowest BCUT2D eigenvalue weighted by Crippen LogP contribution is -2.41. The van der Waals surface area contributed by atoms with Gasteiger partial charge >= 0.3 is 5.97 Å². The van der Waals surface area contributed by atoms with E-state index in [9.17, 15) is 18.0 Å². The predicted octanol–water partition coefficient (Wildman–Crippen LogP) is 2.37. The molecule has 0 saturated carbocycles. The number of amides is 1. The summed E-state index contributed by atoms with van der Waals surface area (Å²) in [5.74, 6) is -1.29. The molecule has 0 spiro atoms. The third-order valence-electron chi connectivity index (χ3n) is 4.97. The SMILES string of the molecule is CCOC(=O)c1nnsc1NC(=O)C1CCN(S(=O)(=O)c2ccc(C)cc2C)CC1. The zero-order valence-electron chi connectivity index (χ0n) is 17.0. The quantitative estimate of drug-likeness (QED) is 0.668. The van der Waals surface area contributed by atoms with Gasteiger partial charge < -0.3 is 10.1 Å². The summed E-state index contributed by atoms with van der Waals surface area (Å²) in [6.07, 6.45) is 0.772. The Kier molecular flexibility index (Phi) is 6.84. The lowest BCUT2D eigenvalue weighted by Gasteiger charge is -2.30. The van der Waals surface area contributed by atoms with Gasteiger partial charge in [-0.1, -0.05) is 22.2 Å². The second-order valence-electron chi connectivity index (χ2n) is 7.11. The highest BCUT2D eigenvalue weighted by molar-refractivity contribution is 7.89. The molecule has 30 heavy (non-hydrogen) atoms. The van der Waals surface area contributed by atoms with Gasteiger partial charge in [0.2, 0.25) is 21.6 Å². The molecular formula is C19H24N4O5S2. The number of hydrogen-bond acceptors (Lipinski definition) is 8. The van der Waals surface area contributed by atoms with Crippen LogP contribution in [0.1, 0.15) is 41.4 Å². The number of piperidine rings is 1. The molecule has 0 bridgehead atoms. The average molecular weight is 453 g/mol. The number of nitrogens with one attached hydrogen (secondary N) is 1. The van der Waals surface area contributed by atoms with Crippen LogP contribution in [0.5, 0.6) is 0 Å². The minimum absolute atomic E-state index is 0.0231. The molecule has 0 radical (unpaired) electrons. The third-order valence-corrected chi connectivity index (χ3v) is 7.67. The van der Waals surface area contributed by atoms with Gasteiger partial charge in [-0.3, -0.25) is 4.79 Å². The number of carbonyl (C=O) groups excluding carboxylic acids is 2. The Bertz CT molecular complexity index is 1040. The van der Waals surface area contributed by atoms with E-state index in [1.807, 2.05) is 13.0 Å². The fraction of sp³-hybridized carbons (Fsp3) is 0.474. The summed E-state index contributed by atoms with van der Waals surface area (Å²) in [6, 6.07) is 5.26. The van der Waals surface area contributed by atoms with Gasteiger partial charge in [-0.15, -0.1) is 5.10 Å². The summed E-state index contributed by atoms with van der Waals surface area (Å²) < 4.78 is 36.0. The minimum Gasteiger partial charge on any atom is -0.461 e. The van der Waals surface area contributed by atoms with Crippen LogP contribution >= 0.6 is 11.5 Å². The number of benzene rings is 1. The van der Waals surface area contributed by atoms with Gasteiger partial charge in [0.25, 0.3) is 0 Å². The van der Waals surface area contributed by atoms with E-state index in [-0.39, 0.29) is 42.2 Å². The van der Waals surface area contributed by atoms with Gasteiger partial charge in [-0.25, -0.2) is 13.2 Å². The molecule has 1 aromatic heterocycles. The number of hydrogen-bond donors (Lipinski definition) is 1. The summed E-state index contributed by atoms with van der Waals surface area (Å²) >= 11 is 0.901. The maximum atomic E-state index is 13.0. The van der Waals surface area contributed by atoms with Crippen molar-refractivity contribution in [3.8, 4) is 0 Å². The molecule has 162 valence electrons. The molecule has 1 saturated heterocycles. The molecule has 1 aliphatic heterocycles. The second kappa shape index (κ2) is 9.19. The fourth-order valence-electron chi connectivity index (χ4n) is 3.41. The van der Waals surface area contributed by atoms with Crippen molar-refractivity contribution in [2.75, 3.05) is 25.0 Å². The van der Waals surface area contributed by atoms with Gasteiger partial charge in [0.1, 0.15) is 0 Å². The van der Waals surface area contributed by atoms with Crippen LogP contribution in [0.4, 0.5) is 5.00 Å². The van der Waals surface area contributed by atoms with Crippen molar-refractivity contribution in [2.45, 2.75) is 38.5 Å². The third kappa shape index (κ3) is 4.68. The Morgan fingerprint density at radius 3 is 2.60 bits per heavy atom. The molecule has 1 aliphatic rings. The van der Waals surface area contributed by atoms with E-state index < -0.39 is 16.0 Å². The van der Waals surface area contributed by atoms with E-state index >= 15 is 0 Å². The van der Waals surface area contributed by atoms with Gasteiger partial charge in [0, 0.05) is 30.5 Å². The maximum absolute atomic E-state index is 13.0. The van der Waals surface area contributed by atoms with Crippen LogP contribution in [0.15, 0.2) is 23.1 Å². The van der Waals surface area contributed by atoms with Gasteiger partial charge in [0.15, 0.2) is 5.00 Å². The summed E-state index contributed by atoms with van der Waals surface area (Å²) in [5, 5.41) is 6.64. The minimum atomic E-state index is -3.61. The fourth-order valence-corrected chi connectivity index (χ4v) is 5.64. The van der Waals surface area contributed by atoms with Crippen LogP contribution in [0.2, 0.25) is 0 Å². The molecule has 11 heteroatoms. The number of sulfonamides is 1. The van der Waals surface area contributed by atoms with Crippen molar-refractivity contribution in [1.29, 1.82) is 0 Å². The van der Waals surface area contributed by atoms with Crippen LogP contribution in [-0.2, 0) is 19.6 Å². The van der Waals surface area contributed by atoms with E-state index in [1.54, 1.807) is 26.0 Å². The van der Waals surface area contributed by atoms with Crippen molar-refractivity contribution >= 4 is 38.4 Å². The first-order chi connectivity index (χ1) is 14.2. The molecule has 2 aromatic rings. The van der Waals surface area contributed by atoms with Gasteiger partial charge in [-0.05, 0) is 45.2 Å².